The first-order chi connectivity index (χ1) is 14.0. The molecule has 3 aromatic carbocycles. The van der Waals surface area contributed by atoms with E-state index in [2.05, 4.69) is 5.32 Å². The van der Waals surface area contributed by atoms with Crippen molar-refractivity contribution in [2.75, 3.05) is 11.9 Å². The maximum absolute atomic E-state index is 13.8. The summed E-state index contributed by atoms with van der Waals surface area (Å²) in [6.07, 6.45) is 0. The first kappa shape index (κ1) is 20.6. The Hall–Kier alpha value is -3.12. The summed E-state index contributed by atoms with van der Waals surface area (Å²) in [5.74, 6) is -1.25. The van der Waals surface area contributed by atoms with Gasteiger partial charge in [0, 0.05) is 16.1 Å². The molecule has 0 atom stereocenters. The Morgan fingerprint density at radius 2 is 1.72 bits per heavy atom. The third-order valence-electron chi connectivity index (χ3n) is 4.01. The van der Waals surface area contributed by atoms with Crippen LogP contribution < -0.4 is 14.8 Å². The Morgan fingerprint density at radius 1 is 1.00 bits per heavy atom. The molecule has 29 heavy (non-hydrogen) atoms. The van der Waals surface area contributed by atoms with Gasteiger partial charge in [-0.05, 0) is 55.5 Å². The predicted octanol–water partition coefficient (Wildman–Crippen LogP) is 5.85. The van der Waals surface area contributed by atoms with E-state index in [1.54, 1.807) is 36.4 Å². The fraction of sp³-hybridized carbons (Fsp3) is 0.136. The maximum Gasteiger partial charge on any atom is 0.255 e. The van der Waals surface area contributed by atoms with Crippen molar-refractivity contribution in [3.63, 3.8) is 0 Å². The molecule has 1 amide bonds. The van der Waals surface area contributed by atoms with Crippen molar-refractivity contribution in [2.45, 2.75) is 13.5 Å². The van der Waals surface area contributed by atoms with Gasteiger partial charge in [0.1, 0.15) is 35.4 Å². The molecular weight excluding hydrogens is 400 g/mol. The molecule has 0 aromatic heterocycles. The molecule has 0 spiro atoms. The number of carbonyl (C=O) groups excluding carboxylic acids is 1. The molecular formula is C22H18ClF2NO3. The lowest BCUT2D eigenvalue weighted by Gasteiger charge is -2.14. The number of anilines is 1. The molecule has 0 bridgehead atoms. The van der Waals surface area contributed by atoms with Gasteiger partial charge in [-0.15, -0.1) is 0 Å². The molecule has 3 rings (SSSR count). The summed E-state index contributed by atoms with van der Waals surface area (Å²) >= 11 is 5.96. The van der Waals surface area contributed by atoms with E-state index in [1.807, 2.05) is 6.92 Å². The second-order valence-corrected chi connectivity index (χ2v) is 6.49. The highest BCUT2D eigenvalue weighted by molar-refractivity contribution is 6.30. The van der Waals surface area contributed by atoms with Gasteiger partial charge in [-0.1, -0.05) is 23.7 Å². The Balaban J connectivity index is 1.82. The zero-order valence-corrected chi connectivity index (χ0v) is 16.3. The number of hydrogen-bond donors (Lipinski definition) is 1. The molecule has 0 aliphatic rings. The second kappa shape index (κ2) is 9.39. The zero-order chi connectivity index (χ0) is 20.8. The third-order valence-corrected chi connectivity index (χ3v) is 4.25. The molecule has 1 N–H and O–H groups in total. The average molecular weight is 418 g/mol. The quantitative estimate of drug-likeness (QED) is 0.524. The lowest BCUT2D eigenvalue weighted by Crippen LogP contribution is -2.15. The maximum atomic E-state index is 13.8. The molecule has 0 fully saturated rings. The predicted molar refractivity (Wildman–Crippen MR) is 108 cm³/mol. The van der Waals surface area contributed by atoms with E-state index >= 15 is 0 Å². The number of ether oxygens (including phenoxy) is 2. The molecule has 7 heteroatoms. The van der Waals surface area contributed by atoms with Gasteiger partial charge in [-0.25, -0.2) is 8.78 Å². The summed E-state index contributed by atoms with van der Waals surface area (Å²) in [4.78, 5) is 12.5. The van der Waals surface area contributed by atoms with Crippen molar-refractivity contribution in [1.82, 2.24) is 0 Å². The number of para-hydroxylation sites is 1. The molecule has 0 aliphatic carbocycles. The van der Waals surface area contributed by atoms with Crippen molar-refractivity contribution < 1.29 is 23.0 Å². The molecule has 0 saturated heterocycles. The van der Waals surface area contributed by atoms with Crippen LogP contribution >= 0.6 is 11.6 Å². The van der Waals surface area contributed by atoms with Crippen LogP contribution in [-0.4, -0.2) is 12.5 Å². The second-order valence-electron chi connectivity index (χ2n) is 6.05. The molecule has 0 unspecified atom stereocenters. The fourth-order valence-electron chi connectivity index (χ4n) is 2.65. The van der Waals surface area contributed by atoms with Gasteiger partial charge < -0.3 is 14.8 Å². The van der Waals surface area contributed by atoms with Crippen LogP contribution in [0.1, 0.15) is 22.8 Å². The number of halogens is 3. The number of carbonyl (C=O) groups is 1. The van der Waals surface area contributed by atoms with Crippen LogP contribution in [0.25, 0.3) is 0 Å². The van der Waals surface area contributed by atoms with E-state index in [9.17, 15) is 13.6 Å². The number of hydrogen-bond acceptors (Lipinski definition) is 3. The Bertz CT molecular complexity index is 1010. The van der Waals surface area contributed by atoms with Crippen LogP contribution in [0, 0.1) is 11.6 Å². The van der Waals surface area contributed by atoms with Gasteiger partial charge >= 0.3 is 0 Å². The van der Waals surface area contributed by atoms with Crippen LogP contribution in [0.15, 0.2) is 60.7 Å². The topological polar surface area (TPSA) is 47.6 Å². The summed E-state index contributed by atoms with van der Waals surface area (Å²) in [6.45, 7) is 2.38. The lowest BCUT2D eigenvalue weighted by atomic mass is 10.1. The van der Waals surface area contributed by atoms with Crippen LogP contribution in [0.2, 0.25) is 5.02 Å². The zero-order valence-electron chi connectivity index (χ0n) is 15.5. The summed E-state index contributed by atoms with van der Waals surface area (Å²) in [5.41, 5.74) is 0.317. The van der Waals surface area contributed by atoms with Gasteiger partial charge in [0.05, 0.1) is 6.61 Å². The summed E-state index contributed by atoms with van der Waals surface area (Å²) in [5, 5.41) is 2.80. The summed E-state index contributed by atoms with van der Waals surface area (Å²) in [6, 6.07) is 15.0. The largest absolute Gasteiger partial charge is 0.493 e. The van der Waals surface area contributed by atoms with Crippen LogP contribution in [0.5, 0.6) is 11.5 Å². The van der Waals surface area contributed by atoms with E-state index in [0.717, 1.165) is 12.1 Å². The monoisotopic (exact) mass is 417 g/mol. The van der Waals surface area contributed by atoms with Gasteiger partial charge in [0.25, 0.3) is 5.91 Å². The molecule has 0 radical (unpaired) electrons. The van der Waals surface area contributed by atoms with Gasteiger partial charge in [-0.2, -0.15) is 0 Å². The molecule has 3 aromatic rings. The average Bonchev–Trinajstić information content (AvgIpc) is 2.70. The number of nitrogens with one attached hydrogen (secondary N) is 1. The Morgan fingerprint density at radius 3 is 2.41 bits per heavy atom. The van der Waals surface area contributed by atoms with E-state index in [-0.39, 0.29) is 12.2 Å². The normalized spacial score (nSPS) is 10.5. The molecule has 150 valence electrons. The third kappa shape index (κ3) is 5.23. The minimum atomic E-state index is -0.853. The standard InChI is InChI=1S/C22H18ClF2NO3/c1-2-28-20-10-9-14(22(27)26-21-18(24)7-4-8-19(21)25)11-15(20)13-29-17-6-3-5-16(23)12-17/h3-12H,2,13H2,1H3,(H,26,27). The smallest absolute Gasteiger partial charge is 0.255 e. The highest BCUT2D eigenvalue weighted by Gasteiger charge is 2.15. The number of benzene rings is 3. The van der Waals surface area contributed by atoms with Crippen molar-refractivity contribution in [3.05, 3.63) is 88.4 Å². The van der Waals surface area contributed by atoms with E-state index in [4.69, 9.17) is 21.1 Å². The van der Waals surface area contributed by atoms with Crippen molar-refractivity contribution >= 4 is 23.2 Å². The number of amides is 1. The molecule has 0 heterocycles. The SMILES string of the molecule is CCOc1ccc(C(=O)Nc2c(F)cccc2F)cc1COc1cccc(Cl)c1. The fourth-order valence-corrected chi connectivity index (χ4v) is 2.83. The number of rotatable bonds is 7. The van der Waals surface area contributed by atoms with Crippen molar-refractivity contribution in [3.8, 4) is 11.5 Å². The Kier molecular flexibility index (Phi) is 6.67. The molecule has 0 aliphatic heterocycles. The summed E-state index contributed by atoms with van der Waals surface area (Å²) in [7, 11) is 0. The van der Waals surface area contributed by atoms with Gasteiger partial charge in [0.15, 0.2) is 0 Å². The minimum absolute atomic E-state index is 0.116. The summed E-state index contributed by atoms with van der Waals surface area (Å²) < 4.78 is 38.9. The highest BCUT2D eigenvalue weighted by Crippen LogP contribution is 2.25. The van der Waals surface area contributed by atoms with Gasteiger partial charge in [0.2, 0.25) is 0 Å². The van der Waals surface area contributed by atoms with Crippen LogP contribution in [-0.2, 0) is 6.61 Å². The first-order valence-corrected chi connectivity index (χ1v) is 9.25. The van der Waals surface area contributed by atoms with Crippen molar-refractivity contribution in [2.24, 2.45) is 0 Å². The lowest BCUT2D eigenvalue weighted by molar-refractivity contribution is 0.102. The van der Waals surface area contributed by atoms with Crippen molar-refractivity contribution in [1.29, 1.82) is 0 Å². The molecule has 0 saturated carbocycles. The molecule has 4 nitrogen and oxygen atoms in total. The van der Waals surface area contributed by atoms with E-state index < -0.39 is 23.2 Å². The Labute approximate surface area is 172 Å². The highest BCUT2D eigenvalue weighted by atomic mass is 35.5. The van der Waals surface area contributed by atoms with Crippen LogP contribution in [0.3, 0.4) is 0 Å². The minimum Gasteiger partial charge on any atom is -0.493 e. The van der Waals surface area contributed by atoms with E-state index in [0.29, 0.717) is 28.7 Å². The van der Waals surface area contributed by atoms with Gasteiger partial charge in [-0.3, -0.25) is 4.79 Å². The van der Waals surface area contributed by atoms with E-state index in [1.165, 1.54) is 12.1 Å². The first-order valence-electron chi connectivity index (χ1n) is 8.87. The van der Waals surface area contributed by atoms with Crippen LogP contribution in [0.4, 0.5) is 14.5 Å².